The molecule has 2 heterocycles. The molecule has 0 unspecified atom stereocenters. The highest BCUT2D eigenvalue weighted by Crippen LogP contribution is 1.93. The number of nitrogens with zero attached hydrogens (tertiary/aromatic N) is 4. The normalized spacial score (nSPS) is 10.1. The molecule has 0 atom stereocenters. The Kier molecular flexibility index (Phi) is 1.59. The Labute approximate surface area is 70.1 Å². The Morgan fingerprint density at radius 1 is 1.42 bits per heavy atom. The zero-order valence-corrected chi connectivity index (χ0v) is 6.68. The van der Waals surface area contributed by atoms with Crippen molar-refractivity contribution in [2.75, 3.05) is 0 Å². The van der Waals surface area contributed by atoms with Crippen LogP contribution < -0.4 is 4.57 Å². The molecule has 0 saturated carbocycles. The van der Waals surface area contributed by atoms with Gasteiger partial charge in [-0.25, -0.2) is 9.97 Å². The Morgan fingerprint density at radius 2 is 2.17 bits per heavy atom. The van der Waals surface area contributed by atoms with Crippen LogP contribution in [0.25, 0.3) is 5.95 Å². The molecule has 0 aliphatic heterocycles. The molecule has 4 nitrogen and oxygen atoms in total. The van der Waals surface area contributed by atoms with Gasteiger partial charge < -0.3 is 4.57 Å². The van der Waals surface area contributed by atoms with Gasteiger partial charge in [0.2, 0.25) is 12.3 Å². The summed E-state index contributed by atoms with van der Waals surface area (Å²) in [5.74, 6) is 0.637. The van der Waals surface area contributed by atoms with Gasteiger partial charge in [0.05, 0.1) is 7.05 Å². The van der Waals surface area contributed by atoms with Crippen LogP contribution in [0.1, 0.15) is 0 Å². The predicted octanol–water partition coefficient (Wildman–Crippen LogP) is -0.108. The number of rotatable bonds is 1. The first kappa shape index (κ1) is 6.97. The number of imidazole rings is 1. The molecule has 0 aliphatic carbocycles. The van der Waals surface area contributed by atoms with Crippen LogP contribution in [0.4, 0.5) is 0 Å². The van der Waals surface area contributed by atoms with Crippen LogP contribution in [0, 0.1) is 6.33 Å². The van der Waals surface area contributed by atoms with Crippen molar-refractivity contribution in [1.82, 2.24) is 14.5 Å². The lowest BCUT2D eigenvalue weighted by atomic mass is 10.7. The minimum Gasteiger partial charge on any atom is -0.323 e. The van der Waals surface area contributed by atoms with Gasteiger partial charge in [0.1, 0.15) is 0 Å². The van der Waals surface area contributed by atoms with Crippen molar-refractivity contribution in [3.8, 4) is 5.95 Å². The van der Waals surface area contributed by atoms with Crippen LogP contribution >= 0.6 is 0 Å². The summed E-state index contributed by atoms with van der Waals surface area (Å²) in [5, 5.41) is 0. The van der Waals surface area contributed by atoms with Crippen LogP contribution in [0.3, 0.4) is 0 Å². The van der Waals surface area contributed by atoms with Gasteiger partial charge in [0.15, 0.2) is 0 Å². The Bertz CT molecular complexity index is 366. The van der Waals surface area contributed by atoms with E-state index in [1.54, 1.807) is 23.0 Å². The molecular formula is C8H8N4. The average Bonchev–Trinajstić information content (AvgIpc) is 2.54. The Balaban J connectivity index is 2.45. The van der Waals surface area contributed by atoms with E-state index in [0.29, 0.717) is 5.95 Å². The van der Waals surface area contributed by atoms with E-state index in [4.69, 9.17) is 0 Å². The monoisotopic (exact) mass is 160 g/mol. The van der Waals surface area contributed by atoms with Gasteiger partial charge in [-0.2, -0.15) is 0 Å². The summed E-state index contributed by atoms with van der Waals surface area (Å²) >= 11 is 0. The topological polar surface area (TPSA) is 34.6 Å². The molecule has 0 radical (unpaired) electrons. The van der Waals surface area contributed by atoms with Crippen molar-refractivity contribution in [2.24, 2.45) is 7.05 Å². The Hall–Kier alpha value is -1.71. The van der Waals surface area contributed by atoms with E-state index in [0.717, 1.165) is 0 Å². The summed E-state index contributed by atoms with van der Waals surface area (Å²) in [7, 11) is 1.90. The van der Waals surface area contributed by atoms with Crippen LogP contribution in [0.5, 0.6) is 0 Å². The minimum absolute atomic E-state index is 0.637. The molecule has 0 N–H and O–H groups in total. The zero-order chi connectivity index (χ0) is 8.39. The second-order valence-corrected chi connectivity index (χ2v) is 2.43. The molecule has 2 rings (SSSR count). The zero-order valence-electron chi connectivity index (χ0n) is 6.68. The molecular weight excluding hydrogens is 152 g/mol. The lowest BCUT2D eigenvalue weighted by Gasteiger charge is -1.96. The van der Waals surface area contributed by atoms with Gasteiger partial charge in [-0.1, -0.05) is 0 Å². The summed E-state index contributed by atoms with van der Waals surface area (Å²) in [6, 6.07) is 1.78. The molecule has 0 saturated heterocycles. The molecule has 0 spiro atoms. The highest BCUT2D eigenvalue weighted by atomic mass is 15.2. The number of aryl methyl sites for hydroxylation is 1. The summed E-state index contributed by atoms with van der Waals surface area (Å²) in [6.07, 6.45) is 10.2. The van der Waals surface area contributed by atoms with Crippen molar-refractivity contribution in [3.05, 3.63) is 37.2 Å². The summed E-state index contributed by atoms with van der Waals surface area (Å²) < 4.78 is 3.55. The van der Waals surface area contributed by atoms with Crippen molar-refractivity contribution in [3.63, 3.8) is 0 Å². The molecule has 4 heteroatoms. The van der Waals surface area contributed by atoms with Crippen LogP contribution in [0.15, 0.2) is 30.9 Å². The maximum atomic E-state index is 4.07. The quantitative estimate of drug-likeness (QED) is 0.431. The molecule has 0 aliphatic rings. The Morgan fingerprint density at radius 3 is 2.75 bits per heavy atom. The van der Waals surface area contributed by atoms with Gasteiger partial charge in [-0.3, -0.25) is 4.57 Å². The van der Waals surface area contributed by atoms with E-state index in [1.165, 1.54) is 0 Å². The van der Waals surface area contributed by atoms with E-state index in [9.17, 15) is 0 Å². The SMILES string of the molecule is C[n+]1[c-]n(-c2ncccn2)cc1. The molecule has 60 valence electrons. The fourth-order valence-electron chi connectivity index (χ4n) is 0.930. The van der Waals surface area contributed by atoms with Gasteiger partial charge >= 0.3 is 0 Å². The van der Waals surface area contributed by atoms with E-state index in [-0.39, 0.29) is 0 Å². The molecule has 0 bridgehead atoms. The van der Waals surface area contributed by atoms with Crippen LogP contribution in [0.2, 0.25) is 0 Å². The molecule has 0 aromatic carbocycles. The highest BCUT2D eigenvalue weighted by molar-refractivity contribution is 5.06. The van der Waals surface area contributed by atoms with E-state index < -0.39 is 0 Å². The van der Waals surface area contributed by atoms with Gasteiger partial charge in [0, 0.05) is 24.8 Å². The minimum atomic E-state index is 0.637. The lowest BCUT2D eigenvalue weighted by Crippen LogP contribution is -2.24. The fourth-order valence-corrected chi connectivity index (χ4v) is 0.930. The third kappa shape index (κ3) is 1.18. The largest absolute Gasteiger partial charge is 0.323 e. The predicted molar refractivity (Wildman–Crippen MR) is 41.4 cm³/mol. The number of hydrogen-bond donors (Lipinski definition) is 0. The maximum absolute atomic E-state index is 4.07. The van der Waals surface area contributed by atoms with E-state index in [1.807, 2.05) is 24.0 Å². The van der Waals surface area contributed by atoms with Gasteiger partial charge in [0.25, 0.3) is 0 Å². The molecule has 2 aromatic rings. The van der Waals surface area contributed by atoms with Crippen LogP contribution in [-0.2, 0) is 7.05 Å². The average molecular weight is 160 g/mol. The number of aromatic nitrogens is 4. The smallest absolute Gasteiger partial charge is 0.245 e. The van der Waals surface area contributed by atoms with Gasteiger partial charge in [-0.15, -0.1) is 0 Å². The fraction of sp³-hybridized carbons (Fsp3) is 0.125. The number of hydrogen-bond acceptors (Lipinski definition) is 2. The summed E-state index contributed by atoms with van der Waals surface area (Å²) in [4.78, 5) is 8.14. The second kappa shape index (κ2) is 2.73. The molecule has 0 fully saturated rings. The lowest BCUT2D eigenvalue weighted by molar-refractivity contribution is -0.674. The van der Waals surface area contributed by atoms with E-state index >= 15 is 0 Å². The molecule has 0 amide bonds. The molecule has 12 heavy (non-hydrogen) atoms. The second-order valence-electron chi connectivity index (χ2n) is 2.43. The van der Waals surface area contributed by atoms with Crippen molar-refractivity contribution in [1.29, 1.82) is 0 Å². The van der Waals surface area contributed by atoms with Crippen molar-refractivity contribution in [2.45, 2.75) is 0 Å². The summed E-state index contributed by atoms with van der Waals surface area (Å²) in [5.41, 5.74) is 0. The first-order chi connectivity index (χ1) is 5.86. The van der Waals surface area contributed by atoms with Gasteiger partial charge in [-0.05, 0) is 6.07 Å². The van der Waals surface area contributed by atoms with Crippen molar-refractivity contribution < 1.29 is 4.57 Å². The highest BCUT2D eigenvalue weighted by Gasteiger charge is 1.96. The first-order valence-electron chi connectivity index (χ1n) is 3.60. The maximum Gasteiger partial charge on any atom is 0.245 e. The molecule has 2 aromatic heterocycles. The van der Waals surface area contributed by atoms with E-state index in [2.05, 4.69) is 16.3 Å². The standard InChI is InChI=1S/C8H8N4/c1-11-5-6-12(7-11)8-9-3-2-4-10-8/h2-6H,1H3. The van der Waals surface area contributed by atoms with Crippen LogP contribution in [-0.4, -0.2) is 14.5 Å². The third-order valence-corrected chi connectivity index (χ3v) is 1.47. The first-order valence-corrected chi connectivity index (χ1v) is 3.60. The third-order valence-electron chi connectivity index (χ3n) is 1.47. The van der Waals surface area contributed by atoms with Crippen molar-refractivity contribution >= 4 is 0 Å². The summed E-state index contributed by atoms with van der Waals surface area (Å²) in [6.45, 7) is 0.